The molecule has 4 rings (SSSR count). The van der Waals surface area contributed by atoms with Gasteiger partial charge in [0.2, 0.25) is 0 Å². The quantitative estimate of drug-likeness (QED) is 0.357. The number of aromatic nitrogens is 1. The third-order valence-corrected chi connectivity index (χ3v) is 5.75. The van der Waals surface area contributed by atoms with Crippen LogP contribution in [-0.2, 0) is 6.61 Å². The maximum atomic E-state index is 13.6. The first-order valence-electron chi connectivity index (χ1n) is 10.5. The number of hydrogen-bond donors (Lipinski definition) is 2. The molecular weight excluding hydrogens is 441 g/mol. The number of amides is 2. The van der Waals surface area contributed by atoms with E-state index in [1.165, 1.54) is 23.5 Å². The molecule has 1 heterocycles. The van der Waals surface area contributed by atoms with Crippen LogP contribution in [0.4, 0.5) is 4.39 Å². The fourth-order valence-electron chi connectivity index (χ4n) is 3.28. The minimum atomic E-state index is -0.445. The molecular formula is C25H22FN3O3S. The van der Waals surface area contributed by atoms with Crippen molar-refractivity contribution in [2.75, 3.05) is 13.1 Å². The summed E-state index contributed by atoms with van der Waals surface area (Å²) in [6.07, 6.45) is 0.579. The van der Waals surface area contributed by atoms with Crippen molar-refractivity contribution < 1.29 is 18.7 Å². The molecule has 0 saturated heterocycles. The number of benzene rings is 3. The van der Waals surface area contributed by atoms with E-state index in [0.29, 0.717) is 30.1 Å². The van der Waals surface area contributed by atoms with Gasteiger partial charge in [-0.05, 0) is 35.4 Å². The third kappa shape index (κ3) is 5.72. The summed E-state index contributed by atoms with van der Waals surface area (Å²) >= 11 is 1.27. The number of rotatable bonds is 9. The Hall–Kier alpha value is -3.78. The third-order valence-electron chi connectivity index (χ3n) is 4.93. The second kappa shape index (κ2) is 10.7. The Morgan fingerprint density at radius 3 is 2.48 bits per heavy atom. The minimum absolute atomic E-state index is 0.0824. The number of nitrogens with one attached hydrogen (secondary N) is 2. The normalized spacial score (nSPS) is 10.7. The molecule has 3 aromatic carbocycles. The fourth-order valence-corrected chi connectivity index (χ4v) is 3.97. The number of halogens is 1. The van der Waals surface area contributed by atoms with Crippen LogP contribution in [0.5, 0.6) is 5.75 Å². The predicted octanol–water partition coefficient (Wildman–Crippen LogP) is 4.56. The molecule has 8 heteroatoms. The zero-order valence-corrected chi connectivity index (χ0v) is 18.5. The van der Waals surface area contributed by atoms with Crippen LogP contribution in [0.2, 0.25) is 0 Å². The molecule has 0 aliphatic carbocycles. The van der Waals surface area contributed by atoms with E-state index in [0.717, 1.165) is 10.8 Å². The van der Waals surface area contributed by atoms with Gasteiger partial charge in [-0.2, -0.15) is 0 Å². The second-order valence-corrected chi connectivity index (χ2v) is 8.18. The lowest BCUT2D eigenvalue weighted by Gasteiger charge is -2.08. The maximum absolute atomic E-state index is 13.6. The molecule has 4 aromatic rings. The lowest BCUT2D eigenvalue weighted by Crippen LogP contribution is -2.30. The van der Waals surface area contributed by atoms with Crippen LogP contribution in [-0.4, -0.2) is 29.9 Å². The SMILES string of the molecule is O=C(NCCCNC(=O)c1cccc2ccccc12)c1csc(COc2ccccc2F)n1. The molecule has 33 heavy (non-hydrogen) atoms. The van der Waals surface area contributed by atoms with Gasteiger partial charge in [-0.1, -0.05) is 48.5 Å². The van der Waals surface area contributed by atoms with E-state index in [4.69, 9.17) is 4.74 Å². The molecule has 168 valence electrons. The number of ether oxygens (including phenoxy) is 1. The summed E-state index contributed by atoms with van der Waals surface area (Å²) in [5.74, 6) is -0.746. The van der Waals surface area contributed by atoms with E-state index >= 15 is 0 Å². The van der Waals surface area contributed by atoms with Crippen molar-refractivity contribution in [2.24, 2.45) is 0 Å². The molecule has 0 atom stereocenters. The summed E-state index contributed by atoms with van der Waals surface area (Å²) in [6.45, 7) is 0.910. The number of nitrogens with zero attached hydrogens (tertiary/aromatic N) is 1. The molecule has 0 saturated carbocycles. The van der Waals surface area contributed by atoms with Gasteiger partial charge in [-0.15, -0.1) is 11.3 Å². The Morgan fingerprint density at radius 1 is 0.909 bits per heavy atom. The maximum Gasteiger partial charge on any atom is 0.270 e. The number of para-hydroxylation sites is 1. The number of fused-ring (bicyclic) bond motifs is 1. The van der Waals surface area contributed by atoms with E-state index in [-0.39, 0.29) is 29.9 Å². The van der Waals surface area contributed by atoms with Gasteiger partial charge in [0.1, 0.15) is 17.3 Å². The van der Waals surface area contributed by atoms with Crippen LogP contribution in [0.15, 0.2) is 72.1 Å². The van der Waals surface area contributed by atoms with E-state index in [2.05, 4.69) is 15.6 Å². The highest BCUT2D eigenvalue weighted by atomic mass is 32.1. The minimum Gasteiger partial charge on any atom is -0.483 e. The summed E-state index contributed by atoms with van der Waals surface area (Å²) in [7, 11) is 0. The molecule has 0 fully saturated rings. The largest absolute Gasteiger partial charge is 0.483 e. The average molecular weight is 464 g/mol. The van der Waals surface area contributed by atoms with Crippen molar-refractivity contribution in [2.45, 2.75) is 13.0 Å². The van der Waals surface area contributed by atoms with Crippen LogP contribution in [0.25, 0.3) is 10.8 Å². The Bertz CT molecular complexity index is 1270. The summed E-state index contributed by atoms with van der Waals surface area (Å²) in [6, 6.07) is 19.5. The molecule has 0 unspecified atom stereocenters. The van der Waals surface area contributed by atoms with Gasteiger partial charge in [-0.3, -0.25) is 9.59 Å². The van der Waals surface area contributed by atoms with Crippen LogP contribution in [0.3, 0.4) is 0 Å². The first kappa shape index (κ1) is 22.4. The van der Waals surface area contributed by atoms with Crippen molar-refractivity contribution in [3.8, 4) is 5.75 Å². The smallest absolute Gasteiger partial charge is 0.270 e. The molecule has 2 amide bonds. The zero-order valence-electron chi connectivity index (χ0n) is 17.7. The second-order valence-electron chi connectivity index (χ2n) is 7.24. The first-order chi connectivity index (χ1) is 16.1. The Morgan fingerprint density at radius 2 is 1.64 bits per heavy atom. The van der Waals surface area contributed by atoms with E-state index in [1.54, 1.807) is 23.6 Å². The summed E-state index contributed by atoms with van der Waals surface area (Å²) in [5, 5.41) is 9.82. The van der Waals surface area contributed by atoms with Gasteiger partial charge < -0.3 is 15.4 Å². The van der Waals surface area contributed by atoms with Gasteiger partial charge in [0.25, 0.3) is 11.8 Å². The van der Waals surface area contributed by atoms with Crippen molar-refractivity contribution in [1.82, 2.24) is 15.6 Å². The number of carbonyl (C=O) groups excluding carboxylic acids is 2. The Labute approximate surface area is 194 Å². The van der Waals surface area contributed by atoms with Crippen molar-refractivity contribution in [3.05, 3.63) is 94.2 Å². The van der Waals surface area contributed by atoms with Crippen molar-refractivity contribution in [3.63, 3.8) is 0 Å². The molecule has 6 nitrogen and oxygen atoms in total. The van der Waals surface area contributed by atoms with E-state index < -0.39 is 5.82 Å². The van der Waals surface area contributed by atoms with Crippen molar-refractivity contribution >= 4 is 33.9 Å². The molecule has 1 aromatic heterocycles. The van der Waals surface area contributed by atoms with Crippen LogP contribution in [0, 0.1) is 5.82 Å². The highest BCUT2D eigenvalue weighted by Crippen LogP contribution is 2.19. The Balaban J connectivity index is 1.20. The molecule has 2 N–H and O–H groups in total. The van der Waals surface area contributed by atoms with E-state index in [1.807, 2.05) is 36.4 Å². The van der Waals surface area contributed by atoms with Gasteiger partial charge in [0, 0.05) is 24.0 Å². The van der Waals surface area contributed by atoms with Gasteiger partial charge >= 0.3 is 0 Å². The molecule has 0 bridgehead atoms. The molecule has 0 radical (unpaired) electrons. The zero-order chi connectivity index (χ0) is 23.0. The Kier molecular flexibility index (Phi) is 7.26. The van der Waals surface area contributed by atoms with Crippen LogP contribution < -0.4 is 15.4 Å². The molecule has 0 aliphatic rings. The first-order valence-corrected chi connectivity index (χ1v) is 11.4. The van der Waals surface area contributed by atoms with Crippen LogP contribution >= 0.6 is 11.3 Å². The van der Waals surface area contributed by atoms with Crippen LogP contribution in [0.1, 0.15) is 32.3 Å². The highest BCUT2D eigenvalue weighted by Gasteiger charge is 2.12. The van der Waals surface area contributed by atoms with Gasteiger partial charge in [-0.25, -0.2) is 9.37 Å². The lowest BCUT2D eigenvalue weighted by atomic mass is 10.0. The van der Waals surface area contributed by atoms with Gasteiger partial charge in [0.05, 0.1) is 0 Å². The topological polar surface area (TPSA) is 80.3 Å². The number of thiazole rings is 1. The fraction of sp³-hybridized carbons (Fsp3) is 0.160. The lowest BCUT2D eigenvalue weighted by molar-refractivity contribution is 0.0948. The van der Waals surface area contributed by atoms with Crippen molar-refractivity contribution in [1.29, 1.82) is 0 Å². The average Bonchev–Trinajstić information content (AvgIpc) is 3.32. The summed E-state index contributed by atoms with van der Waals surface area (Å²) < 4.78 is 19.0. The monoisotopic (exact) mass is 463 g/mol. The standard InChI is InChI=1S/C25H22FN3O3S/c26-20-11-3-4-12-22(20)32-15-23-29-21(16-33-23)25(31)28-14-6-13-27-24(30)19-10-5-8-17-7-1-2-9-18(17)19/h1-5,7-12,16H,6,13-15H2,(H,27,30)(H,28,31). The number of hydrogen-bond acceptors (Lipinski definition) is 5. The predicted molar refractivity (Wildman–Crippen MR) is 126 cm³/mol. The highest BCUT2D eigenvalue weighted by molar-refractivity contribution is 7.09. The summed E-state index contributed by atoms with van der Waals surface area (Å²) in [4.78, 5) is 29.1. The van der Waals surface area contributed by atoms with Gasteiger partial charge in [0.15, 0.2) is 11.6 Å². The van der Waals surface area contributed by atoms with E-state index in [9.17, 15) is 14.0 Å². The molecule has 0 spiro atoms. The summed E-state index contributed by atoms with van der Waals surface area (Å²) in [5.41, 5.74) is 0.914. The number of carbonyl (C=O) groups is 2. The molecule has 0 aliphatic heterocycles.